The first-order valence-corrected chi connectivity index (χ1v) is 4.52. The molecule has 0 aromatic carbocycles. The van der Waals surface area contributed by atoms with Crippen LogP contribution in [0.15, 0.2) is 0 Å². The van der Waals surface area contributed by atoms with Gasteiger partial charge in [0, 0.05) is 6.54 Å². The third-order valence-corrected chi connectivity index (χ3v) is 2.75. The molecule has 3 atom stereocenters. The van der Waals surface area contributed by atoms with E-state index >= 15 is 0 Å². The Morgan fingerprint density at radius 1 is 1.36 bits per heavy atom. The number of β-amino-alcohol motifs (C(OH)–C–C–N with tert-alkyl or cyclic N) is 1. The van der Waals surface area contributed by atoms with Gasteiger partial charge < -0.3 is 25.5 Å². The Balaban J connectivity index is 2.80. The molecule has 0 saturated carbocycles. The average Bonchev–Trinajstić information content (AvgIpc) is 2.33. The molecule has 6 nitrogen and oxygen atoms in total. The summed E-state index contributed by atoms with van der Waals surface area (Å²) in [6, 6.07) is -0.670. The first-order valence-electron chi connectivity index (χ1n) is 4.52. The molecule has 0 spiro atoms. The fraction of sp³-hybridized carbons (Fsp3) is 1.00. The highest BCUT2D eigenvalue weighted by Crippen LogP contribution is 2.28. The van der Waals surface area contributed by atoms with E-state index in [0.29, 0.717) is 0 Å². The van der Waals surface area contributed by atoms with Crippen LogP contribution >= 0.6 is 0 Å². The van der Waals surface area contributed by atoms with Crippen LogP contribution in [-0.2, 0) is 0 Å². The molecule has 0 amide bonds. The minimum atomic E-state index is -1.62. The van der Waals surface area contributed by atoms with E-state index in [4.69, 9.17) is 10.2 Å². The third-order valence-electron chi connectivity index (χ3n) is 2.75. The van der Waals surface area contributed by atoms with Crippen LogP contribution < -0.4 is 0 Å². The van der Waals surface area contributed by atoms with Crippen LogP contribution in [0.2, 0.25) is 0 Å². The summed E-state index contributed by atoms with van der Waals surface area (Å²) in [5.74, 6) is 0. The van der Waals surface area contributed by atoms with E-state index in [9.17, 15) is 15.3 Å². The van der Waals surface area contributed by atoms with E-state index in [2.05, 4.69) is 0 Å². The van der Waals surface area contributed by atoms with E-state index in [-0.39, 0.29) is 19.8 Å². The molecule has 1 rings (SSSR count). The van der Waals surface area contributed by atoms with Gasteiger partial charge in [-0.1, -0.05) is 0 Å². The number of nitrogens with zero attached hydrogens (tertiary/aromatic N) is 1. The fourth-order valence-electron chi connectivity index (χ4n) is 1.79. The Kier molecular flexibility index (Phi) is 3.46. The maximum Gasteiger partial charge on any atom is 0.144 e. The van der Waals surface area contributed by atoms with Crippen molar-refractivity contribution in [1.29, 1.82) is 0 Å². The molecule has 0 unspecified atom stereocenters. The summed E-state index contributed by atoms with van der Waals surface area (Å²) in [4.78, 5) is 1.29. The highest BCUT2D eigenvalue weighted by Gasteiger charge is 2.50. The Morgan fingerprint density at radius 3 is 2.14 bits per heavy atom. The minimum Gasteiger partial charge on any atom is -0.395 e. The van der Waals surface area contributed by atoms with Gasteiger partial charge in [-0.3, -0.25) is 4.90 Å². The van der Waals surface area contributed by atoms with Gasteiger partial charge in [-0.2, -0.15) is 0 Å². The summed E-state index contributed by atoms with van der Waals surface area (Å²) >= 11 is 0. The van der Waals surface area contributed by atoms with Crippen molar-refractivity contribution in [2.24, 2.45) is 0 Å². The van der Waals surface area contributed by atoms with Gasteiger partial charge in [-0.25, -0.2) is 0 Å². The van der Waals surface area contributed by atoms with Crippen molar-refractivity contribution in [1.82, 2.24) is 4.90 Å². The zero-order valence-corrected chi connectivity index (χ0v) is 8.04. The average molecular weight is 207 g/mol. The minimum absolute atomic E-state index is 0.0277. The van der Waals surface area contributed by atoms with Gasteiger partial charge in [0.2, 0.25) is 0 Å². The summed E-state index contributed by atoms with van der Waals surface area (Å²) in [7, 11) is 0. The molecule has 84 valence electrons. The van der Waals surface area contributed by atoms with Crippen LogP contribution in [0.3, 0.4) is 0 Å². The van der Waals surface area contributed by atoms with E-state index < -0.39 is 24.0 Å². The monoisotopic (exact) mass is 207 g/mol. The Morgan fingerprint density at radius 2 is 1.86 bits per heavy atom. The topological polar surface area (TPSA) is 104 Å². The first kappa shape index (κ1) is 11.8. The Bertz CT molecular complexity index is 194. The molecule has 1 heterocycles. The van der Waals surface area contributed by atoms with Crippen LogP contribution in [0.25, 0.3) is 0 Å². The molecule has 14 heavy (non-hydrogen) atoms. The van der Waals surface area contributed by atoms with Crippen molar-refractivity contribution in [2.75, 3.05) is 19.8 Å². The van der Waals surface area contributed by atoms with Gasteiger partial charge in [0.1, 0.15) is 11.8 Å². The molecule has 1 fully saturated rings. The second-order valence-corrected chi connectivity index (χ2v) is 3.78. The van der Waals surface area contributed by atoms with Crippen molar-refractivity contribution >= 4 is 0 Å². The Labute approximate surface area is 82.0 Å². The van der Waals surface area contributed by atoms with Crippen molar-refractivity contribution in [3.05, 3.63) is 0 Å². The zero-order valence-electron chi connectivity index (χ0n) is 8.04. The van der Waals surface area contributed by atoms with Crippen LogP contribution in [0.4, 0.5) is 0 Å². The molecule has 1 aliphatic heterocycles. The predicted octanol–water partition coefficient (Wildman–Crippen LogP) is -2.91. The van der Waals surface area contributed by atoms with Crippen LogP contribution in [0, 0.1) is 0 Å². The molecular formula is C8H17NO5. The number of likely N-dealkylation sites (tertiary alicyclic amines) is 1. The van der Waals surface area contributed by atoms with Crippen molar-refractivity contribution in [2.45, 2.75) is 30.9 Å². The van der Waals surface area contributed by atoms with Gasteiger partial charge in [0.05, 0.1) is 25.4 Å². The van der Waals surface area contributed by atoms with Crippen LogP contribution in [-0.4, -0.2) is 74.2 Å². The van der Waals surface area contributed by atoms with Crippen molar-refractivity contribution in [3.63, 3.8) is 0 Å². The van der Waals surface area contributed by atoms with Gasteiger partial charge in [0.25, 0.3) is 0 Å². The lowest BCUT2D eigenvalue weighted by molar-refractivity contribution is -0.157. The molecule has 0 radical (unpaired) electrons. The normalized spacial score (nSPS) is 39.6. The SMILES string of the molecule is C[C@]1(O)[C@@H](O)[C@@H](O)CN1C(CO)CO. The standard InChI is InChI=1S/C8H17NO5/c1-8(14)7(13)6(12)2-9(8)5(3-10)4-11/h5-7,10-14H,2-4H2,1H3/t6-,7-,8-/m0/s1. The summed E-state index contributed by atoms with van der Waals surface area (Å²) in [5.41, 5.74) is -1.62. The largest absolute Gasteiger partial charge is 0.395 e. The molecule has 1 saturated heterocycles. The summed E-state index contributed by atoms with van der Waals surface area (Å²) in [5, 5.41) is 46.4. The molecule has 5 N–H and O–H groups in total. The van der Waals surface area contributed by atoms with Gasteiger partial charge in [-0.15, -0.1) is 0 Å². The maximum absolute atomic E-state index is 9.82. The molecule has 0 aromatic heterocycles. The number of hydrogen-bond acceptors (Lipinski definition) is 6. The van der Waals surface area contributed by atoms with E-state index in [1.165, 1.54) is 11.8 Å². The lowest BCUT2D eigenvalue weighted by Crippen LogP contribution is -2.54. The lowest BCUT2D eigenvalue weighted by Gasteiger charge is -2.36. The number of aliphatic hydroxyl groups is 5. The molecule has 0 bridgehead atoms. The van der Waals surface area contributed by atoms with Gasteiger partial charge >= 0.3 is 0 Å². The van der Waals surface area contributed by atoms with Crippen LogP contribution in [0.1, 0.15) is 6.92 Å². The van der Waals surface area contributed by atoms with Crippen LogP contribution in [0.5, 0.6) is 0 Å². The lowest BCUT2D eigenvalue weighted by atomic mass is 10.1. The molecular weight excluding hydrogens is 190 g/mol. The van der Waals surface area contributed by atoms with Crippen molar-refractivity contribution < 1.29 is 25.5 Å². The number of aliphatic hydroxyl groups excluding tert-OH is 4. The second kappa shape index (κ2) is 4.09. The first-order chi connectivity index (χ1) is 6.45. The number of hydrogen-bond donors (Lipinski definition) is 5. The third kappa shape index (κ3) is 1.77. The second-order valence-electron chi connectivity index (χ2n) is 3.78. The molecule has 1 aliphatic rings. The zero-order chi connectivity index (χ0) is 10.9. The summed E-state index contributed by atoms with van der Waals surface area (Å²) in [6.07, 6.45) is -2.35. The van der Waals surface area contributed by atoms with Gasteiger partial charge in [0.15, 0.2) is 0 Å². The quantitative estimate of drug-likeness (QED) is 0.340. The van der Waals surface area contributed by atoms with Crippen molar-refractivity contribution in [3.8, 4) is 0 Å². The molecule has 0 aromatic rings. The highest BCUT2D eigenvalue weighted by atomic mass is 16.4. The predicted molar refractivity (Wildman–Crippen MR) is 47.3 cm³/mol. The van der Waals surface area contributed by atoms with E-state index in [1.54, 1.807) is 0 Å². The molecule has 6 heteroatoms. The van der Waals surface area contributed by atoms with E-state index in [1.807, 2.05) is 0 Å². The highest BCUT2D eigenvalue weighted by molar-refractivity contribution is 4.98. The maximum atomic E-state index is 9.82. The molecule has 0 aliphatic carbocycles. The fourth-order valence-corrected chi connectivity index (χ4v) is 1.79. The summed E-state index contributed by atoms with van der Waals surface area (Å²) in [6.45, 7) is 0.685. The van der Waals surface area contributed by atoms with E-state index in [0.717, 1.165) is 0 Å². The number of rotatable bonds is 3. The van der Waals surface area contributed by atoms with Gasteiger partial charge in [-0.05, 0) is 6.92 Å². The smallest absolute Gasteiger partial charge is 0.144 e. The summed E-state index contributed by atoms with van der Waals surface area (Å²) < 4.78 is 0. The Hall–Kier alpha value is -0.240.